The van der Waals surface area contributed by atoms with Gasteiger partial charge >= 0.3 is 0 Å². The second-order valence-corrected chi connectivity index (χ2v) is 4.10. The van der Waals surface area contributed by atoms with Gasteiger partial charge in [-0.15, -0.1) is 0 Å². The van der Waals surface area contributed by atoms with E-state index in [2.05, 4.69) is 5.32 Å². The summed E-state index contributed by atoms with van der Waals surface area (Å²) in [5.41, 5.74) is 0.262. The number of rotatable bonds is 5. The van der Waals surface area contributed by atoms with Gasteiger partial charge in [-0.3, -0.25) is 4.79 Å². The molecule has 1 N–H and O–H groups in total. The average molecular weight is 245 g/mol. The predicted molar refractivity (Wildman–Crippen MR) is 57.9 cm³/mol. The Labute approximate surface area is 97.8 Å². The molecule has 0 saturated heterocycles. The summed E-state index contributed by atoms with van der Waals surface area (Å²) in [7, 11) is 0. The van der Waals surface area contributed by atoms with Crippen molar-refractivity contribution < 1.29 is 18.0 Å². The fourth-order valence-electron chi connectivity index (χ4n) is 1.24. The molecule has 0 aliphatic heterocycles. The van der Waals surface area contributed by atoms with Crippen molar-refractivity contribution in [2.75, 3.05) is 6.54 Å². The molecule has 2 nitrogen and oxygen atoms in total. The van der Waals surface area contributed by atoms with E-state index in [1.54, 1.807) is 13.8 Å². The van der Waals surface area contributed by atoms with Crippen LogP contribution in [0, 0.1) is 23.4 Å². The van der Waals surface area contributed by atoms with Crippen LogP contribution in [0.2, 0.25) is 0 Å². The fourth-order valence-corrected chi connectivity index (χ4v) is 1.24. The molecule has 1 rings (SSSR count). The van der Waals surface area contributed by atoms with E-state index in [4.69, 9.17) is 0 Å². The van der Waals surface area contributed by atoms with Crippen molar-refractivity contribution in [2.45, 2.75) is 20.4 Å². The Morgan fingerprint density at radius 2 is 1.76 bits per heavy atom. The van der Waals surface area contributed by atoms with Crippen LogP contribution >= 0.6 is 0 Å². The molecule has 0 amide bonds. The minimum atomic E-state index is -1.48. The van der Waals surface area contributed by atoms with Gasteiger partial charge in [-0.05, 0) is 17.7 Å². The zero-order chi connectivity index (χ0) is 13.0. The number of halogens is 3. The molecule has 0 aliphatic carbocycles. The Morgan fingerprint density at radius 1 is 1.24 bits per heavy atom. The third-order valence-corrected chi connectivity index (χ3v) is 2.32. The van der Waals surface area contributed by atoms with Crippen LogP contribution in [0.3, 0.4) is 0 Å². The summed E-state index contributed by atoms with van der Waals surface area (Å²) in [5, 5.41) is 2.75. The monoisotopic (exact) mass is 245 g/mol. The van der Waals surface area contributed by atoms with Gasteiger partial charge in [0.05, 0.1) is 6.54 Å². The second kappa shape index (κ2) is 5.82. The Kier molecular flexibility index (Phi) is 4.69. The Balaban J connectivity index is 2.56. The van der Waals surface area contributed by atoms with Gasteiger partial charge in [0.2, 0.25) is 0 Å². The largest absolute Gasteiger partial charge is 0.306 e. The SMILES string of the molecule is CC(C)C(=O)CNCc1cc(F)c(F)c(F)c1. The first-order chi connectivity index (χ1) is 7.91. The number of Topliss-reactive ketones (excluding diaryl/α,β-unsaturated/α-hetero) is 1. The molecule has 0 fully saturated rings. The Morgan fingerprint density at radius 3 is 2.24 bits per heavy atom. The molecule has 0 aromatic heterocycles. The summed E-state index contributed by atoms with van der Waals surface area (Å²) in [6, 6.07) is 1.82. The lowest BCUT2D eigenvalue weighted by Crippen LogP contribution is -2.25. The molecule has 1 aromatic rings. The number of hydrogen-bond donors (Lipinski definition) is 1. The minimum absolute atomic E-state index is 0.00746. The lowest BCUT2D eigenvalue weighted by Gasteiger charge is -2.07. The van der Waals surface area contributed by atoms with Gasteiger partial charge < -0.3 is 5.32 Å². The van der Waals surface area contributed by atoms with Crippen LogP contribution in [0.15, 0.2) is 12.1 Å². The molecule has 0 unspecified atom stereocenters. The highest BCUT2D eigenvalue weighted by Crippen LogP contribution is 2.13. The van der Waals surface area contributed by atoms with Crippen LogP contribution in [0.25, 0.3) is 0 Å². The van der Waals surface area contributed by atoms with Gasteiger partial charge in [0.15, 0.2) is 17.5 Å². The molecule has 5 heteroatoms. The summed E-state index contributed by atoms with van der Waals surface area (Å²) >= 11 is 0. The molecular formula is C12H14F3NO. The van der Waals surface area contributed by atoms with E-state index in [-0.39, 0.29) is 30.4 Å². The molecule has 0 spiro atoms. The summed E-state index contributed by atoms with van der Waals surface area (Å²) in [4.78, 5) is 11.3. The lowest BCUT2D eigenvalue weighted by atomic mass is 10.1. The summed E-state index contributed by atoms with van der Waals surface area (Å²) in [5.74, 6) is -4.02. The van der Waals surface area contributed by atoms with Gasteiger partial charge in [0, 0.05) is 12.5 Å². The van der Waals surface area contributed by atoms with Crippen LogP contribution < -0.4 is 5.32 Å². The number of nitrogens with one attached hydrogen (secondary N) is 1. The summed E-state index contributed by atoms with van der Waals surface area (Å²) < 4.78 is 38.3. The minimum Gasteiger partial charge on any atom is -0.306 e. The third kappa shape index (κ3) is 3.85. The first kappa shape index (κ1) is 13.7. The van der Waals surface area contributed by atoms with Crippen LogP contribution in [-0.4, -0.2) is 12.3 Å². The van der Waals surface area contributed by atoms with Crippen molar-refractivity contribution >= 4 is 5.78 Å². The van der Waals surface area contributed by atoms with Crippen molar-refractivity contribution in [3.63, 3.8) is 0 Å². The number of carbonyl (C=O) groups is 1. The van der Waals surface area contributed by atoms with Crippen LogP contribution in [-0.2, 0) is 11.3 Å². The van der Waals surface area contributed by atoms with Crippen LogP contribution in [0.4, 0.5) is 13.2 Å². The molecule has 0 atom stereocenters. The molecule has 0 aliphatic rings. The number of ketones is 1. The predicted octanol–water partition coefficient (Wildman–Crippen LogP) is 2.42. The van der Waals surface area contributed by atoms with Gasteiger partial charge in [0.1, 0.15) is 5.78 Å². The standard InChI is InChI=1S/C12H14F3NO/c1-7(2)11(17)6-16-5-8-3-9(13)12(15)10(14)4-8/h3-4,7,16H,5-6H2,1-2H3. The molecule has 1 aromatic carbocycles. The van der Waals surface area contributed by atoms with Crippen molar-refractivity contribution in [1.82, 2.24) is 5.32 Å². The molecule has 17 heavy (non-hydrogen) atoms. The maximum Gasteiger partial charge on any atom is 0.194 e. The Bertz CT molecular complexity index is 395. The van der Waals surface area contributed by atoms with Crippen molar-refractivity contribution in [1.29, 1.82) is 0 Å². The number of carbonyl (C=O) groups excluding carboxylic acids is 1. The maximum atomic E-state index is 12.8. The topological polar surface area (TPSA) is 29.1 Å². The van der Waals surface area contributed by atoms with E-state index in [0.29, 0.717) is 0 Å². The zero-order valence-electron chi connectivity index (χ0n) is 9.69. The highest BCUT2D eigenvalue weighted by molar-refractivity contribution is 5.82. The van der Waals surface area contributed by atoms with Crippen LogP contribution in [0.5, 0.6) is 0 Å². The van der Waals surface area contributed by atoms with Gasteiger partial charge in [-0.1, -0.05) is 13.8 Å². The first-order valence-corrected chi connectivity index (χ1v) is 5.28. The first-order valence-electron chi connectivity index (χ1n) is 5.28. The molecule has 94 valence electrons. The van der Waals surface area contributed by atoms with Crippen molar-refractivity contribution in [3.05, 3.63) is 35.1 Å². The zero-order valence-corrected chi connectivity index (χ0v) is 9.69. The lowest BCUT2D eigenvalue weighted by molar-refractivity contribution is -0.121. The summed E-state index contributed by atoms with van der Waals surface area (Å²) in [6.07, 6.45) is 0. The maximum absolute atomic E-state index is 12.8. The summed E-state index contributed by atoms with van der Waals surface area (Å²) in [6.45, 7) is 3.77. The molecule has 0 heterocycles. The van der Waals surface area contributed by atoms with Crippen molar-refractivity contribution in [2.24, 2.45) is 5.92 Å². The highest BCUT2D eigenvalue weighted by atomic mass is 19.2. The van der Waals surface area contributed by atoms with E-state index < -0.39 is 17.5 Å². The molecule has 0 radical (unpaired) electrons. The van der Waals surface area contributed by atoms with E-state index >= 15 is 0 Å². The quantitative estimate of drug-likeness (QED) is 0.807. The van der Waals surface area contributed by atoms with E-state index in [1.807, 2.05) is 0 Å². The fraction of sp³-hybridized carbons (Fsp3) is 0.417. The smallest absolute Gasteiger partial charge is 0.194 e. The number of hydrogen-bond acceptors (Lipinski definition) is 2. The van der Waals surface area contributed by atoms with E-state index in [1.165, 1.54) is 0 Å². The van der Waals surface area contributed by atoms with E-state index in [9.17, 15) is 18.0 Å². The third-order valence-electron chi connectivity index (χ3n) is 2.32. The molecule has 0 bridgehead atoms. The average Bonchev–Trinajstić information content (AvgIpc) is 2.25. The van der Waals surface area contributed by atoms with E-state index in [0.717, 1.165) is 12.1 Å². The van der Waals surface area contributed by atoms with Crippen LogP contribution in [0.1, 0.15) is 19.4 Å². The van der Waals surface area contributed by atoms with Crippen molar-refractivity contribution in [3.8, 4) is 0 Å². The van der Waals surface area contributed by atoms with Gasteiger partial charge in [0.25, 0.3) is 0 Å². The normalized spacial score (nSPS) is 10.9. The second-order valence-electron chi connectivity index (χ2n) is 4.10. The highest BCUT2D eigenvalue weighted by Gasteiger charge is 2.11. The Hall–Kier alpha value is -1.36. The molecule has 0 saturated carbocycles. The van der Waals surface area contributed by atoms with Gasteiger partial charge in [-0.2, -0.15) is 0 Å². The van der Waals surface area contributed by atoms with Gasteiger partial charge in [-0.25, -0.2) is 13.2 Å². The number of benzene rings is 1. The molecular weight excluding hydrogens is 231 g/mol.